The van der Waals surface area contributed by atoms with E-state index in [4.69, 9.17) is 0 Å². The number of fused-ring (bicyclic) bond motifs is 1. The predicted molar refractivity (Wildman–Crippen MR) is 98.8 cm³/mol. The summed E-state index contributed by atoms with van der Waals surface area (Å²) >= 11 is 0. The van der Waals surface area contributed by atoms with Crippen molar-refractivity contribution in [2.45, 2.75) is 25.8 Å². The van der Waals surface area contributed by atoms with Gasteiger partial charge < -0.3 is 4.90 Å². The molecule has 0 unspecified atom stereocenters. The molecule has 6 heteroatoms. The predicted octanol–water partition coefficient (Wildman–Crippen LogP) is 2.58. The number of hydrogen-bond acceptors (Lipinski definition) is 3. The molecule has 25 heavy (non-hydrogen) atoms. The maximum Gasteiger partial charge on any atom is 0.229 e. The molecule has 0 saturated heterocycles. The van der Waals surface area contributed by atoms with Gasteiger partial charge in [0.1, 0.15) is 0 Å². The third-order valence-corrected chi connectivity index (χ3v) is 4.95. The van der Waals surface area contributed by atoms with Crippen LogP contribution in [0.5, 0.6) is 0 Å². The lowest BCUT2D eigenvalue weighted by Gasteiger charge is -2.29. The highest BCUT2D eigenvalue weighted by atomic mass is 32.2. The maximum absolute atomic E-state index is 12.5. The first-order valence-electron chi connectivity index (χ1n) is 8.32. The van der Waals surface area contributed by atoms with E-state index in [0.29, 0.717) is 25.2 Å². The number of amides is 1. The molecule has 1 N–H and O–H groups in total. The van der Waals surface area contributed by atoms with E-state index < -0.39 is 10.0 Å². The maximum atomic E-state index is 12.5. The Balaban J connectivity index is 1.62. The van der Waals surface area contributed by atoms with Crippen molar-refractivity contribution in [1.82, 2.24) is 4.90 Å². The van der Waals surface area contributed by atoms with Crippen LogP contribution in [0.3, 0.4) is 0 Å². The monoisotopic (exact) mass is 358 g/mol. The smallest absolute Gasteiger partial charge is 0.229 e. The van der Waals surface area contributed by atoms with Crippen LogP contribution in [0.2, 0.25) is 0 Å². The van der Waals surface area contributed by atoms with E-state index in [1.165, 1.54) is 5.56 Å². The van der Waals surface area contributed by atoms with Gasteiger partial charge in [0, 0.05) is 25.2 Å². The fourth-order valence-electron chi connectivity index (χ4n) is 3.10. The molecule has 5 nitrogen and oxygen atoms in total. The number of nitrogens with zero attached hydrogens (tertiary/aromatic N) is 1. The number of aryl methyl sites for hydroxylation is 1. The fraction of sp³-hybridized carbons (Fsp3) is 0.316. The van der Waals surface area contributed by atoms with Crippen molar-refractivity contribution in [3.8, 4) is 0 Å². The van der Waals surface area contributed by atoms with E-state index in [0.717, 1.165) is 30.2 Å². The molecule has 1 aliphatic rings. The summed E-state index contributed by atoms with van der Waals surface area (Å²) in [6.07, 6.45) is 3.14. The average molecular weight is 358 g/mol. The van der Waals surface area contributed by atoms with Crippen LogP contribution >= 0.6 is 0 Å². The minimum atomic E-state index is -3.28. The summed E-state index contributed by atoms with van der Waals surface area (Å²) in [7, 11) is -3.28. The minimum Gasteiger partial charge on any atom is -0.338 e. The molecule has 2 aromatic carbocycles. The molecule has 0 aliphatic carbocycles. The van der Waals surface area contributed by atoms with Gasteiger partial charge in [-0.05, 0) is 41.7 Å². The van der Waals surface area contributed by atoms with Gasteiger partial charge in [-0.15, -0.1) is 0 Å². The lowest BCUT2D eigenvalue weighted by Crippen LogP contribution is -2.36. The number of anilines is 1. The second-order valence-corrected chi connectivity index (χ2v) is 8.16. The second kappa shape index (κ2) is 7.27. The Bertz CT molecular complexity index is 863. The molecule has 0 saturated carbocycles. The molecule has 0 aromatic heterocycles. The van der Waals surface area contributed by atoms with E-state index in [1.807, 2.05) is 47.4 Å². The van der Waals surface area contributed by atoms with Crippen LogP contribution in [0.1, 0.15) is 23.1 Å². The fourth-order valence-corrected chi connectivity index (χ4v) is 3.65. The molecule has 0 spiro atoms. The summed E-state index contributed by atoms with van der Waals surface area (Å²) in [4.78, 5) is 14.4. The number of sulfonamides is 1. The van der Waals surface area contributed by atoms with Crippen LogP contribution in [0.25, 0.3) is 0 Å². The number of hydrogen-bond donors (Lipinski definition) is 1. The van der Waals surface area contributed by atoms with E-state index >= 15 is 0 Å². The van der Waals surface area contributed by atoms with Crippen LogP contribution in [0.4, 0.5) is 5.69 Å². The van der Waals surface area contributed by atoms with Crippen LogP contribution in [0, 0.1) is 0 Å². The zero-order valence-corrected chi connectivity index (χ0v) is 15.1. The highest BCUT2D eigenvalue weighted by Crippen LogP contribution is 2.23. The molecule has 3 rings (SSSR count). The number of nitrogens with one attached hydrogen (secondary N) is 1. The van der Waals surface area contributed by atoms with Crippen molar-refractivity contribution >= 4 is 21.6 Å². The quantitative estimate of drug-likeness (QED) is 0.893. The Labute approximate surface area is 148 Å². The van der Waals surface area contributed by atoms with Gasteiger partial charge in [-0.1, -0.05) is 36.4 Å². The van der Waals surface area contributed by atoms with Crippen molar-refractivity contribution in [3.63, 3.8) is 0 Å². The summed E-state index contributed by atoms with van der Waals surface area (Å²) in [6, 6.07) is 15.5. The standard InChI is InChI=1S/C19H22N2O3S/c1-25(23,24)20-18-9-8-17-14-21(12-11-16(17)13-18)19(22)10-7-15-5-3-2-4-6-15/h2-6,8-9,13,20H,7,10-12,14H2,1H3. The highest BCUT2D eigenvalue weighted by molar-refractivity contribution is 7.92. The third-order valence-electron chi connectivity index (χ3n) is 4.34. The molecule has 1 amide bonds. The van der Waals surface area contributed by atoms with Crippen molar-refractivity contribution < 1.29 is 13.2 Å². The summed E-state index contributed by atoms with van der Waals surface area (Å²) in [5.41, 5.74) is 3.92. The zero-order valence-electron chi connectivity index (χ0n) is 14.2. The highest BCUT2D eigenvalue weighted by Gasteiger charge is 2.21. The van der Waals surface area contributed by atoms with Crippen molar-refractivity contribution in [2.24, 2.45) is 0 Å². The number of benzene rings is 2. The minimum absolute atomic E-state index is 0.160. The molecule has 0 fully saturated rings. The van der Waals surface area contributed by atoms with Crippen LogP contribution in [-0.2, 0) is 34.2 Å². The van der Waals surface area contributed by atoms with E-state index in [2.05, 4.69) is 4.72 Å². The first-order valence-corrected chi connectivity index (χ1v) is 10.2. The van der Waals surface area contributed by atoms with E-state index in [1.54, 1.807) is 6.07 Å². The molecule has 2 aromatic rings. The Morgan fingerprint density at radius 3 is 2.60 bits per heavy atom. The van der Waals surface area contributed by atoms with Gasteiger partial charge in [0.2, 0.25) is 15.9 Å². The zero-order chi connectivity index (χ0) is 17.9. The molecular weight excluding hydrogens is 336 g/mol. The van der Waals surface area contributed by atoms with Gasteiger partial charge in [0.05, 0.1) is 6.26 Å². The topological polar surface area (TPSA) is 66.5 Å². The lowest BCUT2D eigenvalue weighted by atomic mass is 9.98. The lowest BCUT2D eigenvalue weighted by molar-refractivity contribution is -0.132. The second-order valence-electron chi connectivity index (χ2n) is 6.41. The van der Waals surface area contributed by atoms with Crippen molar-refractivity contribution in [1.29, 1.82) is 0 Å². The Morgan fingerprint density at radius 1 is 1.12 bits per heavy atom. The molecule has 0 bridgehead atoms. The van der Waals surface area contributed by atoms with Gasteiger partial charge in [-0.2, -0.15) is 0 Å². The number of carbonyl (C=O) groups excluding carboxylic acids is 1. The first-order chi connectivity index (χ1) is 11.9. The van der Waals surface area contributed by atoms with Crippen LogP contribution in [0.15, 0.2) is 48.5 Å². The first kappa shape index (κ1) is 17.5. The average Bonchev–Trinajstić information content (AvgIpc) is 2.58. The van der Waals surface area contributed by atoms with Gasteiger partial charge in [-0.25, -0.2) is 8.42 Å². The van der Waals surface area contributed by atoms with Gasteiger partial charge in [-0.3, -0.25) is 9.52 Å². The molecular formula is C19H22N2O3S. The normalized spacial score (nSPS) is 14.0. The van der Waals surface area contributed by atoms with Crippen molar-refractivity contribution in [2.75, 3.05) is 17.5 Å². The summed E-state index contributed by atoms with van der Waals surface area (Å²) in [5.74, 6) is 0.160. The van der Waals surface area contributed by atoms with Crippen LogP contribution in [-0.4, -0.2) is 32.0 Å². The Morgan fingerprint density at radius 2 is 1.88 bits per heavy atom. The van der Waals surface area contributed by atoms with Gasteiger partial charge in [0.15, 0.2) is 0 Å². The van der Waals surface area contributed by atoms with Gasteiger partial charge in [0.25, 0.3) is 0 Å². The molecule has 1 aliphatic heterocycles. The van der Waals surface area contributed by atoms with Crippen molar-refractivity contribution in [3.05, 3.63) is 65.2 Å². The summed E-state index contributed by atoms with van der Waals surface area (Å²) < 4.78 is 25.2. The Hall–Kier alpha value is -2.34. The third kappa shape index (κ3) is 4.82. The van der Waals surface area contributed by atoms with Gasteiger partial charge >= 0.3 is 0 Å². The van der Waals surface area contributed by atoms with E-state index in [9.17, 15) is 13.2 Å². The van der Waals surface area contributed by atoms with E-state index in [-0.39, 0.29) is 5.91 Å². The molecule has 0 radical (unpaired) electrons. The summed E-state index contributed by atoms with van der Waals surface area (Å²) in [6.45, 7) is 1.26. The molecule has 0 atom stereocenters. The summed E-state index contributed by atoms with van der Waals surface area (Å²) in [5, 5.41) is 0. The largest absolute Gasteiger partial charge is 0.338 e. The number of carbonyl (C=O) groups is 1. The Kier molecular flexibility index (Phi) is 5.08. The molecule has 1 heterocycles. The number of rotatable bonds is 5. The molecule has 132 valence electrons. The van der Waals surface area contributed by atoms with Crippen LogP contribution < -0.4 is 4.72 Å². The SMILES string of the molecule is CS(=O)(=O)Nc1ccc2c(c1)CCN(C(=O)CCc1ccccc1)C2.